The number of hydrogen-bond donors (Lipinski definition) is 1. The fourth-order valence-electron chi connectivity index (χ4n) is 1.93. The number of amides is 2. The monoisotopic (exact) mass is 303 g/mol. The van der Waals surface area contributed by atoms with Crippen molar-refractivity contribution in [3.8, 4) is 0 Å². The second-order valence-corrected chi connectivity index (χ2v) is 5.74. The minimum absolute atomic E-state index is 0.141. The lowest BCUT2D eigenvalue weighted by atomic mass is 10.2. The molecule has 0 radical (unpaired) electrons. The van der Waals surface area contributed by atoms with Crippen molar-refractivity contribution in [1.82, 2.24) is 9.88 Å². The molecule has 0 atom stereocenters. The number of nitrogens with two attached hydrogens (primary N) is 1. The first-order chi connectivity index (χ1) is 10.1. The molecule has 21 heavy (non-hydrogen) atoms. The minimum atomic E-state index is -0.421. The van der Waals surface area contributed by atoms with Crippen molar-refractivity contribution in [3.05, 3.63) is 52.0 Å². The highest BCUT2D eigenvalue weighted by Gasteiger charge is 2.19. The van der Waals surface area contributed by atoms with Gasteiger partial charge < -0.3 is 10.6 Å². The van der Waals surface area contributed by atoms with Gasteiger partial charge in [-0.2, -0.15) is 0 Å². The van der Waals surface area contributed by atoms with Gasteiger partial charge in [0.2, 0.25) is 5.91 Å². The number of nitrogens with zero attached hydrogens (tertiary/aromatic N) is 2. The Hall–Kier alpha value is -2.21. The van der Waals surface area contributed by atoms with E-state index in [1.807, 2.05) is 37.3 Å². The van der Waals surface area contributed by atoms with E-state index in [2.05, 4.69) is 4.98 Å². The molecule has 0 spiro atoms. The van der Waals surface area contributed by atoms with Gasteiger partial charge in [0, 0.05) is 24.9 Å². The number of benzene rings is 1. The first-order valence-corrected chi connectivity index (χ1v) is 7.48. The number of primary amides is 1. The zero-order chi connectivity index (χ0) is 15.2. The van der Waals surface area contributed by atoms with Crippen molar-refractivity contribution in [2.75, 3.05) is 6.54 Å². The van der Waals surface area contributed by atoms with E-state index in [4.69, 9.17) is 5.73 Å². The predicted molar refractivity (Wildman–Crippen MR) is 81.8 cm³/mol. The van der Waals surface area contributed by atoms with E-state index < -0.39 is 5.91 Å². The molecule has 0 aliphatic carbocycles. The average Bonchev–Trinajstić information content (AvgIpc) is 2.90. The summed E-state index contributed by atoms with van der Waals surface area (Å²) in [4.78, 5) is 29.3. The summed E-state index contributed by atoms with van der Waals surface area (Å²) in [6, 6.07) is 9.63. The van der Waals surface area contributed by atoms with Crippen molar-refractivity contribution in [3.63, 3.8) is 0 Å². The van der Waals surface area contributed by atoms with E-state index in [1.165, 1.54) is 11.3 Å². The van der Waals surface area contributed by atoms with Gasteiger partial charge in [-0.05, 0) is 12.5 Å². The molecule has 2 amide bonds. The van der Waals surface area contributed by atoms with Gasteiger partial charge in [-0.1, -0.05) is 30.3 Å². The highest BCUT2D eigenvalue weighted by Crippen LogP contribution is 2.13. The Balaban J connectivity index is 2.14. The average molecular weight is 303 g/mol. The molecule has 110 valence electrons. The first-order valence-electron chi connectivity index (χ1n) is 6.60. The van der Waals surface area contributed by atoms with Crippen molar-refractivity contribution in [1.29, 1.82) is 0 Å². The number of carbonyl (C=O) groups excluding carboxylic acids is 2. The number of rotatable bonds is 6. The summed E-state index contributed by atoms with van der Waals surface area (Å²) >= 11 is 1.43. The van der Waals surface area contributed by atoms with Crippen LogP contribution in [-0.2, 0) is 11.3 Å². The predicted octanol–water partition coefficient (Wildman–Crippen LogP) is 1.97. The maximum absolute atomic E-state index is 12.5. The van der Waals surface area contributed by atoms with E-state index in [9.17, 15) is 9.59 Å². The quantitative estimate of drug-likeness (QED) is 0.886. The summed E-state index contributed by atoms with van der Waals surface area (Å²) in [6.45, 7) is 2.58. The highest BCUT2D eigenvalue weighted by molar-refractivity contribution is 7.09. The molecule has 0 saturated carbocycles. The molecule has 0 bridgehead atoms. The zero-order valence-corrected chi connectivity index (χ0v) is 12.6. The minimum Gasteiger partial charge on any atom is -0.370 e. The smallest absolute Gasteiger partial charge is 0.273 e. The van der Waals surface area contributed by atoms with Crippen LogP contribution in [0.5, 0.6) is 0 Å². The Morgan fingerprint density at radius 2 is 2.00 bits per heavy atom. The lowest BCUT2D eigenvalue weighted by molar-refractivity contribution is -0.118. The molecular formula is C15H17N3O2S. The Morgan fingerprint density at radius 3 is 2.57 bits per heavy atom. The summed E-state index contributed by atoms with van der Waals surface area (Å²) in [5.41, 5.74) is 6.60. The van der Waals surface area contributed by atoms with Crippen molar-refractivity contribution in [2.45, 2.75) is 19.9 Å². The zero-order valence-electron chi connectivity index (χ0n) is 11.8. The van der Waals surface area contributed by atoms with E-state index >= 15 is 0 Å². The van der Waals surface area contributed by atoms with Crippen molar-refractivity contribution >= 4 is 23.2 Å². The molecule has 2 N–H and O–H groups in total. The van der Waals surface area contributed by atoms with Crippen LogP contribution in [0.4, 0.5) is 0 Å². The molecule has 0 aliphatic heterocycles. The molecule has 2 aromatic rings. The maximum Gasteiger partial charge on any atom is 0.273 e. The van der Waals surface area contributed by atoms with Crippen LogP contribution in [0.3, 0.4) is 0 Å². The number of aromatic nitrogens is 1. The number of thiazole rings is 1. The molecule has 5 nitrogen and oxygen atoms in total. The fourth-order valence-corrected chi connectivity index (χ4v) is 2.51. The van der Waals surface area contributed by atoms with E-state index in [-0.39, 0.29) is 12.3 Å². The van der Waals surface area contributed by atoms with Crippen molar-refractivity contribution in [2.24, 2.45) is 5.73 Å². The molecule has 1 aromatic carbocycles. The SMILES string of the molecule is Cc1nc(C(=O)N(CCC(N)=O)Cc2ccccc2)cs1. The molecule has 2 rings (SSSR count). The molecule has 0 aliphatic rings. The molecule has 6 heteroatoms. The van der Waals surface area contributed by atoms with Crippen LogP contribution in [0.15, 0.2) is 35.7 Å². The fraction of sp³-hybridized carbons (Fsp3) is 0.267. The van der Waals surface area contributed by atoms with Gasteiger partial charge in [0.25, 0.3) is 5.91 Å². The van der Waals surface area contributed by atoms with Gasteiger partial charge in [-0.15, -0.1) is 11.3 Å². The molecule has 1 heterocycles. The molecule has 0 saturated heterocycles. The molecule has 1 aromatic heterocycles. The Kier molecular flexibility index (Phi) is 5.05. The number of hydrogen-bond acceptors (Lipinski definition) is 4. The van der Waals surface area contributed by atoms with Crippen LogP contribution in [0.25, 0.3) is 0 Å². The lowest BCUT2D eigenvalue weighted by Gasteiger charge is -2.21. The first kappa shape index (κ1) is 15.2. The third kappa shape index (κ3) is 4.39. The van der Waals surface area contributed by atoms with Crippen LogP contribution in [0.2, 0.25) is 0 Å². The summed E-state index contributed by atoms with van der Waals surface area (Å²) in [7, 11) is 0. The van der Waals surface area contributed by atoms with Gasteiger partial charge in [0.15, 0.2) is 0 Å². The molecular weight excluding hydrogens is 286 g/mol. The summed E-state index contributed by atoms with van der Waals surface area (Å²) in [6.07, 6.45) is 0.141. The van der Waals surface area contributed by atoms with Crippen LogP contribution in [-0.4, -0.2) is 28.2 Å². The standard InChI is InChI=1S/C15H17N3O2S/c1-11-17-13(10-21-11)15(20)18(8-7-14(16)19)9-12-5-3-2-4-6-12/h2-6,10H,7-9H2,1H3,(H2,16,19). The van der Waals surface area contributed by atoms with Crippen LogP contribution in [0, 0.1) is 6.92 Å². The summed E-state index contributed by atoms with van der Waals surface area (Å²) in [5, 5.41) is 2.58. The van der Waals surface area contributed by atoms with Gasteiger partial charge in [-0.3, -0.25) is 9.59 Å². The maximum atomic E-state index is 12.5. The van der Waals surface area contributed by atoms with Gasteiger partial charge in [-0.25, -0.2) is 4.98 Å². The van der Waals surface area contributed by atoms with E-state index in [1.54, 1.807) is 10.3 Å². The van der Waals surface area contributed by atoms with E-state index in [0.29, 0.717) is 18.8 Å². The lowest BCUT2D eigenvalue weighted by Crippen LogP contribution is -2.33. The highest BCUT2D eigenvalue weighted by atomic mass is 32.1. The van der Waals surface area contributed by atoms with Gasteiger partial charge >= 0.3 is 0 Å². The second kappa shape index (κ2) is 6.99. The second-order valence-electron chi connectivity index (χ2n) is 4.68. The largest absolute Gasteiger partial charge is 0.370 e. The third-order valence-electron chi connectivity index (χ3n) is 2.97. The number of carbonyl (C=O) groups is 2. The Morgan fingerprint density at radius 1 is 1.29 bits per heavy atom. The van der Waals surface area contributed by atoms with Gasteiger partial charge in [0.1, 0.15) is 5.69 Å². The van der Waals surface area contributed by atoms with Crippen LogP contribution in [0.1, 0.15) is 27.5 Å². The van der Waals surface area contributed by atoms with E-state index in [0.717, 1.165) is 10.6 Å². The molecule has 0 unspecified atom stereocenters. The summed E-state index contributed by atoms with van der Waals surface area (Å²) < 4.78 is 0. The Labute approximate surface area is 127 Å². The van der Waals surface area contributed by atoms with Crippen LogP contribution >= 0.6 is 11.3 Å². The topological polar surface area (TPSA) is 76.3 Å². The number of aryl methyl sites for hydroxylation is 1. The van der Waals surface area contributed by atoms with Crippen molar-refractivity contribution < 1.29 is 9.59 Å². The molecule has 0 fully saturated rings. The Bertz CT molecular complexity index is 625. The normalized spacial score (nSPS) is 10.3. The summed E-state index contributed by atoms with van der Waals surface area (Å²) in [5.74, 6) is -0.597. The van der Waals surface area contributed by atoms with Crippen LogP contribution < -0.4 is 5.73 Å². The van der Waals surface area contributed by atoms with Gasteiger partial charge in [0.05, 0.1) is 5.01 Å². The third-order valence-corrected chi connectivity index (χ3v) is 3.74.